The lowest BCUT2D eigenvalue weighted by molar-refractivity contribution is 0.0778. The summed E-state index contributed by atoms with van der Waals surface area (Å²) in [5.74, 6) is -0.0643. The third kappa shape index (κ3) is 3.11. The lowest BCUT2D eigenvalue weighted by atomic mass is 9.99. The molecule has 5 nitrogen and oxygen atoms in total. The van der Waals surface area contributed by atoms with Crippen LogP contribution in [0.1, 0.15) is 21.7 Å². The number of anilines is 1. The molecule has 0 radical (unpaired) electrons. The van der Waals surface area contributed by atoms with Crippen LogP contribution in [-0.2, 0) is 0 Å². The van der Waals surface area contributed by atoms with Crippen molar-refractivity contribution in [2.45, 2.75) is 6.42 Å². The van der Waals surface area contributed by atoms with Gasteiger partial charge in [-0.25, -0.2) is 0 Å². The Bertz CT molecular complexity index is 950. The molecule has 0 aliphatic carbocycles. The van der Waals surface area contributed by atoms with Crippen LogP contribution < -0.4 is 5.73 Å². The average Bonchev–Trinajstić information content (AvgIpc) is 3.10. The molecule has 130 valence electrons. The molecular weight excluding hydrogens is 344 g/mol. The number of aromatic nitrogens is 2. The molecular formula is C20H18N4OS. The predicted molar refractivity (Wildman–Crippen MR) is 105 cm³/mol. The second-order valence-corrected chi connectivity index (χ2v) is 6.86. The third-order valence-corrected chi connectivity index (χ3v) is 5.32. The molecule has 3 heterocycles. The Morgan fingerprint density at radius 1 is 1.12 bits per heavy atom. The van der Waals surface area contributed by atoms with Crippen LogP contribution in [0.4, 0.5) is 5.69 Å². The Kier molecular flexibility index (Phi) is 4.50. The zero-order valence-corrected chi connectivity index (χ0v) is 14.9. The molecule has 2 aromatic heterocycles. The van der Waals surface area contributed by atoms with Gasteiger partial charge in [-0.3, -0.25) is 9.78 Å². The molecule has 1 aromatic carbocycles. The highest BCUT2D eigenvalue weighted by atomic mass is 32.1. The minimum Gasteiger partial charge on any atom is -0.396 e. The Morgan fingerprint density at radius 3 is 2.62 bits per heavy atom. The van der Waals surface area contributed by atoms with Crippen molar-refractivity contribution in [3.05, 3.63) is 71.2 Å². The van der Waals surface area contributed by atoms with E-state index in [4.69, 9.17) is 5.73 Å². The van der Waals surface area contributed by atoms with Crippen molar-refractivity contribution in [1.82, 2.24) is 14.3 Å². The van der Waals surface area contributed by atoms with Crippen molar-refractivity contribution in [2.75, 3.05) is 18.8 Å². The van der Waals surface area contributed by atoms with Gasteiger partial charge in [0.2, 0.25) is 0 Å². The Hall–Kier alpha value is -2.99. The van der Waals surface area contributed by atoms with E-state index < -0.39 is 0 Å². The highest BCUT2D eigenvalue weighted by molar-refractivity contribution is 7.09. The van der Waals surface area contributed by atoms with Gasteiger partial charge in [-0.05, 0) is 41.2 Å². The molecule has 0 bridgehead atoms. The molecule has 0 atom stereocenters. The highest BCUT2D eigenvalue weighted by Gasteiger charge is 2.25. The molecule has 4 rings (SSSR count). The van der Waals surface area contributed by atoms with Crippen molar-refractivity contribution in [3.8, 4) is 11.4 Å². The van der Waals surface area contributed by atoms with Gasteiger partial charge in [-0.15, -0.1) is 0 Å². The zero-order valence-electron chi connectivity index (χ0n) is 14.1. The molecule has 0 fully saturated rings. The van der Waals surface area contributed by atoms with E-state index in [9.17, 15) is 4.79 Å². The smallest absolute Gasteiger partial charge is 0.268 e. The number of pyridine rings is 1. The molecule has 0 unspecified atom stereocenters. The minimum atomic E-state index is -0.0643. The number of rotatable bonds is 3. The average molecular weight is 362 g/mol. The summed E-state index contributed by atoms with van der Waals surface area (Å²) in [7, 11) is 0. The van der Waals surface area contributed by atoms with Crippen molar-refractivity contribution < 1.29 is 4.79 Å². The number of nitrogen functional groups attached to an aromatic ring is 1. The summed E-state index contributed by atoms with van der Waals surface area (Å²) in [6, 6.07) is 15.8. The molecule has 2 N–H and O–H groups in total. The van der Waals surface area contributed by atoms with Crippen molar-refractivity contribution in [3.63, 3.8) is 0 Å². The van der Waals surface area contributed by atoms with Gasteiger partial charge in [-0.1, -0.05) is 42.5 Å². The van der Waals surface area contributed by atoms with Gasteiger partial charge in [0.05, 0.1) is 11.4 Å². The van der Waals surface area contributed by atoms with Crippen molar-refractivity contribution in [2.24, 2.45) is 0 Å². The molecule has 0 saturated carbocycles. The first-order valence-electron chi connectivity index (χ1n) is 8.44. The summed E-state index contributed by atoms with van der Waals surface area (Å²) < 4.78 is 4.36. The van der Waals surface area contributed by atoms with Crippen LogP contribution in [0, 0.1) is 0 Å². The van der Waals surface area contributed by atoms with E-state index in [2.05, 4.69) is 27.6 Å². The number of hydrogen-bond donors (Lipinski definition) is 1. The normalized spacial score (nSPS) is 14.2. The number of hydrogen-bond acceptors (Lipinski definition) is 5. The monoisotopic (exact) mass is 362 g/mol. The van der Waals surface area contributed by atoms with Crippen LogP contribution in [0.2, 0.25) is 0 Å². The van der Waals surface area contributed by atoms with Crippen LogP contribution in [0.15, 0.2) is 60.8 Å². The zero-order chi connectivity index (χ0) is 17.9. The quantitative estimate of drug-likeness (QED) is 0.771. The van der Waals surface area contributed by atoms with E-state index in [0.29, 0.717) is 35.0 Å². The standard InChI is InChI=1S/C20H18N4OS/c21-17-18(16-8-4-5-11-22-16)23-26-19(17)20(25)24-12-9-15(10-13-24)14-6-2-1-3-7-14/h1-9,11H,10,12-13,21H2. The van der Waals surface area contributed by atoms with Crippen LogP contribution in [0.5, 0.6) is 0 Å². The van der Waals surface area contributed by atoms with Gasteiger partial charge in [0.25, 0.3) is 5.91 Å². The predicted octanol–water partition coefficient (Wildman–Crippen LogP) is 3.72. The maximum atomic E-state index is 12.9. The lowest BCUT2D eigenvalue weighted by Gasteiger charge is -2.26. The number of nitrogens with zero attached hydrogens (tertiary/aromatic N) is 3. The van der Waals surface area contributed by atoms with E-state index in [1.54, 1.807) is 6.20 Å². The minimum absolute atomic E-state index is 0.0643. The fourth-order valence-electron chi connectivity index (χ4n) is 3.05. The van der Waals surface area contributed by atoms with Gasteiger partial charge in [0.15, 0.2) is 0 Å². The second-order valence-electron chi connectivity index (χ2n) is 6.09. The van der Waals surface area contributed by atoms with Crippen molar-refractivity contribution in [1.29, 1.82) is 0 Å². The summed E-state index contributed by atoms with van der Waals surface area (Å²) in [5, 5.41) is 0. The first-order chi connectivity index (χ1) is 12.7. The molecule has 0 spiro atoms. The van der Waals surface area contributed by atoms with Gasteiger partial charge >= 0.3 is 0 Å². The highest BCUT2D eigenvalue weighted by Crippen LogP contribution is 2.31. The molecule has 1 aliphatic rings. The molecule has 26 heavy (non-hydrogen) atoms. The summed E-state index contributed by atoms with van der Waals surface area (Å²) >= 11 is 1.14. The van der Waals surface area contributed by atoms with Gasteiger partial charge in [0.1, 0.15) is 10.6 Å². The van der Waals surface area contributed by atoms with Crippen LogP contribution in [0.3, 0.4) is 0 Å². The Morgan fingerprint density at radius 2 is 1.92 bits per heavy atom. The molecule has 1 aliphatic heterocycles. The first kappa shape index (κ1) is 16.5. The van der Waals surface area contributed by atoms with E-state index in [1.807, 2.05) is 41.3 Å². The van der Waals surface area contributed by atoms with E-state index in [-0.39, 0.29) is 5.91 Å². The third-order valence-electron chi connectivity index (χ3n) is 4.47. The van der Waals surface area contributed by atoms with E-state index in [0.717, 1.165) is 18.0 Å². The SMILES string of the molecule is Nc1c(-c2ccccn2)nsc1C(=O)N1CC=C(c2ccccc2)CC1. The largest absolute Gasteiger partial charge is 0.396 e. The summed E-state index contributed by atoms with van der Waals surface area (Å²) in [4.78, 5) is 19.4. The van der Waals surface area contributed by atoms with Crippen LogP contribution in [-0.4, -0.2) is 33.3 Å². The molecule has 0 saturated heterocycles. The van der Waals surface area contributed by atoms with Crippen LogP contribution >= 0.6 is 11.5 Å². The Labute approximate surface area is 156 Å². The van der Waals surface area contributed by atoms with Gasteiger partial charge in [0, 0.05) is 19.3 Å². The summed E-state index contributed by atoms with van der Waals surface area (Å²) in [6.07, 6.45) is 4.64. The van der Waals surface area contributed by atoms with Gasteiger partial charge < -0.3 is 10.6 Å². The van der Waals surface area contributed by atoms with Gasteiger partial charge in [-0.2, -0.15) is 4.37 Å². The number of nitrogens with two attached hydrogens (primary N) is 1. The Balaban J connectivity index is 1.53. The summed E-state index contributed by atoms with van der Waals surface area (Å²) in [6.45, 7) is 1.26. The molecule has 6 heteroatoms. The fourth-order valence-corrected chi connectivity index (χ4v) is 3.83. The molecule has 1 amide bonds. The molecule has 3 aromatic rings. The second kappa shape index (κ2) is 7.09. The number of amides is 1. The number of carbonyl (C=O) groups excluding carboxylic acids is 1. The number of carbonyl (C=O) groups is 1. The lowest BCUT2D eigenvalue weighted by Crippen LogP contribution is -2.34. The maximum absolute atomic E-state index is 12.9. The summed E-state index contributed by atoms with van der Waals surface area (Å²) in [5.41, 5.74) is 10.4. The van der Waals surface area contributed by atoms with E-state index >= 15 is 0 Å². The fraction of sp³-hybridized carbons (Fsp3) is 0.150. The van der Waals surface area contributed by atoms with Crippen LogP contribution in [0.25, 0.3) is 17.0 Å². The van der Waals surface area contributed by atoms with Crippen molar-refractivity contribution >= 4 is 28.7 Å². The number of benzene rings is 1. The van der Waals surface area contributed by atoms with E-state index in [1.165, 1.54) is 11.1 Å². The first-order valence-corrected chi connectivity index (χ1v) is 9.21. The maximum Gasteiger partial charge on any atom is 0.268 e. The topological polar surface area (TPSA) is 72.1 Å².